The van der Waals surface area contributed by atoms with Crippen molar-refractivity contribution in [2.75, 3.05) is 0 Å². The minimum Gasteiger partial charge on any atom is -0.258 e. The van der Waals surface area contributed by atoms with Gasteiger partial charge in [-0.15, -0.1) is 0 Å². The Morgan fingerprint density at radius 1 is 1.44 bits per heavy atom. The standard InChI is InChI=1S/C13H13N3/c1-9(8-15-11(3)7-14)13-6-5-10(2)16-12(13)4/h5-6,8H,1,3H2,2,4H3/b15-8+. The lowest BCUT2D eigenvalue weighted by atomic mass is 10.1. The van der Waals surface area contributed by atoms with Crippen molar-refractivity contribution in [3.05, 3.63) is 47.9 Å². The van der Waals surface area contributed by atoms with Crippen LogP contribution in [0.1, 0.15) is 17.0 Å². The highest BCUT2D eigenvalue weighted by Gasteiger charge is 2.02. The van der Waals surface area contributed by atoms with Crippen LogP contribution in [0.15, 0.2) is 36.0 Å². The third-order valence-electron chi connectivity index (χ3n) is 2.08. The fourth-order valence-electron chi connectivity index (χ4n) is 1.28. The molecule has 0 amide bonds. The van der Waals surface area contributed by atoms with E-state index in [-0.39, 0.29) is 5.70 Å². The Hall–Kier alpha value is -2.21. The Kier molecular flexibility index (Phi) is 3.73. The molecule has 0 radical (unpaired) electrons. The summed E-state index contributed by atoms with van der Waals surface area (Å²) in [6, 6.07) is 5.71. The molecule has 1 rings (SSSR count). The molecule has 3 heteroatoms. The first-order valence-corrected chi connectivity index (χ1v) is 4.81. The summed E-state index contributed by atoms with van der Waals surface area (Å²) in [5, 5.41) is 8.50. The summed E-state index contributed by atoms with van der Waals surface area (Å²) in [5.74, 6) is 0. The number of aliphatic imine (C=N–C) groups is 1. The average molecular weight is 211 g/mol. The second-order valence-electron chi connectivity index (χ2n) is 3.43. The van der Waals surface area contributed by atoms with E-state index in [1.807, 2.05) is 32.0 Å². The van der Waals surface area contributed by atoms with Crippen LogP contribution in [0.3, 0.4) is 0 Å². The van der Waals surface area contributed by atoms with E-state index >= 15 is 0 Å². The first-order valence-electron chi connectivity index (χ1n) is 4.81. The van der Waals surface area contributed by atoms with Crippen molar-refractivity contribution in [3.63, 3.8) is 0 Å². The quantitative estimate of drug-likeness (QED) is 0.570. The van der Waals surface area contributed by atoms with Gasteiger partial charge in [0.25, 0.3) is 0 Å². The van der Waals surface area contributed by atoms with Crippen LogP contribution in [-0.2, 0) is 0 Å². The van der Waals surface area contributed by atoms with E-state index in [2.05, 4.69) is 23.1 Å². The largest absolute Gasteiger partial charge is 0.258 e. The van der Waals surface area contributed by atoms with Gasteiger partial charge in [0.1, 0.15) is 11.8 Å². The van der Waals surface area contributed by atoms with Crippen molar-refractivity contribution in [3.8, 4) is 6.07 Å². The molecule has 0 aliphatic heterocycles. The fourth-order valence-corrected chi connectivity index (χ4v) is 1.28. The number of nitrogens with zero attached hydrogens (tertiary/aromatic N) is 3. The lowest BCUT2D eigenvalue weighted by Gasteiger charge is -2.04. The molecular weight excluding hydrogens is 198 g/mol. The number of aryl methyl sites for hydroxylation is 2. The minimum absolute atomic E-state index is 0.166. The monoisotopic (exact) mass is 211 g/mol. The van der Waals surface area contributed by atoms with E-state index in [1.54, 1.807) is 0 Å². The van der Waals surface area contributed by atoms with Gasteiger partial charge in [0.2, 0.25) is 0 Å². The normalized spacial score (nSPS) is 10.1. The van der Waals surface area contributed by atoms with Gasteiger partial charge >= 0.3 is 0 Å². The first-order chi connectivity index (χ1) is 7.54. The lowest BCUT2D eigenvalue weighted by molar-refractivity contribution is 1.11. The number of rotatable bonds is 3. The van der Waals surface area contributed by atoms with Crippen LogP contribution in [0.2, 0.25) is 0 Å². The Morgan fingerprint density at radius 3 is 2.69 bits per heavy atom. The van der Waals surface area contributed by atoms with Crippen molar-refractivity contribution in [2.24, 2.45) is 4.99 Å². The number of nitriles is 1. The molecule has 0 N–H and O–H groups in total. The number of hydrogen-bond donors (Lipinski definition) is 0. The van der Waals surface area contributed by atoms with E-state index < -0.39 is 0 Å². The third kappa shape index (κ3) is 2.89. The van der Waals surface area contributed by atoms with Crippen molar-refractivity contribution in [1.82, 2.24) is 4.98 Å². The summed E-state index contributed by atoms with van der Waals surface area (Å²) in [5.41, 5.74) is 3.69. The molecule has 1 aromatic rings. The van der Waals surface area contributed by atoms with Gasteiger partial charge in [0.15, 0.2) is 0 Å². The molecule has 1 aromatic heterocycles. The number of aromatic nitrogens is 1. The van der Waals surface area contributed by atoms with E-state index in [0.29, 0.717) is 0 Å². The van der Waals surface area contributed by atoms with Crippen molar-refractivity contribution in [1.29, 1.82) is 5.26 Å². The van der Waals surface area contributed by atoms with Crippen LogP contribution < -0.4 is 0 Å². The van der Waals surface area contributed by atoms with Gasteiger partial charge < -0.3 is 0 Å². The summed E-state index contributed by atoms with van der Waals surface area (Å²) in [6.07, 6.45) is 1.53. The molecular formula is C13H13N3. The van der Waals surface area contributed by atoms with Crippen LogP contribution in [0.25, 0.3) is 5.57 Å². The fraction of sp³-hybridized carbons (Fsp3) is 0.154. The molecule has 16 heavy (non-hydrogen) atoms. The van der Waals surface area contributed by atoms with Crippen molar-refractivity contribution in [2.45, 2.75) is 13.8 Å². The van der Waals surface area contributed by atoms with Gasteiger partial charge in [-0.25, -0.2) is 4.99 Å². The maximum Gasteiger partial charge on any atom is 0.133 e. The van der Waals surface area contributed by atoms with Gasteiger partial charge in [-0.1, -0.05) is 19.2 Å². The smallest absolute Gasteiger partial charge is 0.133 e. The Morgan fingerprint density at radius 2 is 2.12 bits per heavy atom. The Bertz CT molecular complexity index is 504. The zero-order chi connectivity index (χ0) is 12.1. The maximum absolute atomic E-state index is 8.50. The topological polar surface area (TPSA) is 49.0 Å². The Balaban J connectivity index is 2.94. The molecule has 0 atom stereocenters. The molecule has 0 aromatic carbocycles. The second-order valence-corrected chi connectivity index (χ2v) is 3.43. The van der Waals surface area contributed by atoms with E-state index in [0.717, 1.165) is 22.5 Å². The van der Waals surface area contributed by atoms with E-state index in [9.17, 15) is 0 Å². The number of hydrogen-bond acceptors (Lipinski definition) is 3. The SMILES string of the molecule is C=C(C#N)/N=C/C(=C)c1ccc(C)nc1C. The average Bonchev–Trinajstić information content (AvgIpc) is 2.25. The summed E-state index contributed by atoms with van der Waals surface area (Å²) < 4.78 is 0. The van der Waals surface area contributed by atoms with Gasteiger partial charge in [-0.2, -0.15) is 5.26 Å². The molecule has 0 aliphatic carbocycles. The molecule has 1 heterocycles. The van der Waals surface area contributed by atoms with Gasteiger partial charge in [0, 0.05) is 23.2 Å². The molecule has 3 nitrogen and oxygen atoms in total. The molecule has 0 fully saturated rings. The zero-order valence-corrected chi connectivity index (χ0v) is 9.49. The maximum atomic E-state index is 8.50. The molecule has 0 aliphatic rings. The van der Waals surface area contributed by atoms with Crippen molar-refractivity contribution >= 4 is 11.8 Å². The summed E-state index contributed by atoms with van der Waals surface area (Å²) in [7, 11) is 0. The van der Waals surface area contributed by atoms with Crippen LogP contribution in [0, 0.1) is 25.2 Å². The predicted octanol–water partition coefficient (Wildman–Crippen LogP) is 2.82. The molecule has 0 saturated carbocycles. The van der Waals surface area contributed by atoms with Crippen LogP contribution >= 0.6 is 0 Å². The van der Waals surface area contributed by atoms with E-state index in [4.69, 9.17) is 5.26 Å². The van der Waals surface area contributed by atoms with Crippen LogP contribution in [-0.4, -0.2) is 11.2 Å². The van der Waals surface area contributed by atoms with E-state index in [1.165, 1.54) is 6.21 Å². The highest BCUT2D eigenvalue weighted by molar-refractivity contribution is 6.09. The molecule has 0 saturated heterocycles. The minimum atomic E-state index is 0.166. The third-order valence-corrected chi connectivity index (χ3v) is 2.08. The molecule has 0 unspecified atom stereocenters. The first kappa shape index (κ1) is 11.9. The highest BCUT2D eigenvalue weighted by Crippen LogP contribution is 2.14. The molecule has 0 spiro atoms. The van der Waals surface area contributed by atoms with Gasteiger partial charge in [-0.3, -0.25) is 4.98 Å². The van der Waals surface area contributed by atoms with Gasteiger partial charge in [-0.05, 0) is 25.5 Å². The van der Waals surface area contributed by atoms with Gasteiger partial charge in [0.05, 0.1) is 0 Å². The Labute approximate surface area is 95.5 Å². The summed E-state index contributed by atoms with van der Waals surface area (Å²) in [4.78, 5) is 8.21. The second kappa shape index (κ2) is 5.04. The summed E-state index contributed by atoms with van der Waals surface area (Å²) >= 11 is 0. The molecule has 0 bridgehead atoms. The highest BCUT2D eigenvalue weighted by atomic mass is 14.7. The van der Waals surface area contributed by atoms with Crippen LogP contribution in [0.5, 0.6) is 0 Å². The number of allylic oxidation sites excluding steroid dienone is 2. The number of pyridine rings is 1. The lowest BCUT2D eigenvalue weighted by Crippen LogP contribution is -1.94. The zero-order valence-electron chi connectivity index (χ0n) is 9.49. The summed E-state index contributed by atoms with van der Waals surface area (Å²) in [6.45, 7) is 11.2. The predicted molar refractivity (Wildman–Crippen MR) is 66.0 cm³/mol. The molecule has 80 valence electrons. The van der Waals surface area contributed by atoms with Crippen LogP contribution in [0.4, 0.5) is 0 Å². The van der Waals surface area contributed by atoms with Crippen molar-refractivity contribution < 1.29 is 0 Å².